The maximum Gasteiger partial charge on any atom is 0.490 e. The molecule has 1 amide bonds. The topological polar surface area (TPSA) is 277 Å². The van der Waals surface area contributed by atoms with Gasteiger partial charge in [0.15, 0.2) is 17.0 Å². The summed E-state index contributed by atoms with van der Waals surface area (Å²) in [4.78, 5) is 64.2. The number of ether oxygens (including phenoxy) is 1. The highest BCUT2D eigenvalue weighted by Gasteiger charge is 2.43. The van der Waals surface area contributed by atoms with Crippen molar-refractivity contribution in [2.45, 2.75) is 31.8 Å². The lowest BCUT2D eigenvalue weighted by Gasteiger charge is -2.20. The van der Waals surface area contributed by atoms with E-state index in [1.54, 1.807) is 0 Å². The minimum atomic E-state index is -5.67. The first kappa shape index (κ1) is 26.9. The number of nitrogens with one attached hydrogen (secondary N) is 1. The molecule has 2 aromatic rings. The summed E-state index contributed by atoms with van der Waals surface area (Å²) in [6, 6.07) is 0. The number of fused-ring (bicyclic) bond motifs is 1. The molecule has 0 aliphatic carbocycles. The van der Waals surface area contributed by atoms with E-state index in [0.29, 0.717) is 0 Å². The van der Waals surface area contributed by atoms with Crippen LogP contribution in [0, 0.1) is 0 Å². The Labute approximate surface area is 189 Å². The molecule has 34 heavy (non-hydrogen) atoms. The number of aromatic nitrogens is 4. The number of hydrogen-bond acceptors (Lipinski definition) is 13. The molecule has 22 heteroatoms. The van der Waals surface area contributed by atoms with Gasteiger partial charge in [0.2, 0.25) is 5.91 Å². The van der Waals surface area contributed by atoms with Crippen LogP contribution in [0.1, 0.15) is 19.6 Å². The number of nitrogens with zero attached hydrogens (tertiary/aromatic N) is 4. The molecule has 0 aromatic carbocycles. The van der Waals surface area contributed by atoms with Gasteiger partial charge in [-0.05, 0) is 0 Å². The smallest absolute Gasteiger partial charge is 0.349 e. The molecule has 3 heterocycles. The van der Waals surface area contributed by atoms with Crippen LogP contribution in [0.4, 0.5) is 5.82 Å². The summed E-state index contributed by atoms with van der Waals surface area (Å²) >= 11 is 0. The van der Waals surface area contributed by atoms with Gasteiger partial charge >= 0.3 is 23.5 Å². The second kappa shape index (κ2) is 10.1. The third kappa shape index (κ3) is 6.93. The predicted molar refractivity (Wildman–Crippen MR) is 107 cm³/mol. The summed E-state index contributed by atoms with van der Waals surface area (Å²) in [5.41, 5.74) is 0.524. The average Bonchev–Trinajstić information content (AvgIpc) is 3.27. The minimum absolute atomic E-state index is 0.0753. The lowest BCUT2D eigenvalue weighted by atomic mass is 10.2. The lowest BCUT2D eigenvalue weighted by Crippen LogP contribution is -2.31. The highest BCUT2D eigenvalue weighted by Crippen LogP contribution is 2.66. The van der Waals surface area contributed by atoms with Gasteiger partial charge in [-0.3, -0.25) is 18.7 Å². The normalized spacial score (nSPS) is 24.6. The fraction of sp³-hybridized carbons (Fsp3) is 0.500. The molecule has 0 spiro atoms. The van der Waals surface area contributed by atoms with Crippen molar-refractivity contribution in [3.63, 3.8) is 0 Å². The molecule has 5 atom stereocenters. The molecule has 2 aromatic heterocycles. The molecule has 0 saturated carbocycles. The third-order valence-electron chi connectivity index (χ3n) is 4.14. The van der Waals surface area contributed by atoms with Gasteiger partial charge in [-0.15, -0.1) is 0 Å². The number of nitrogens with two attached hydrogens (primary N) is 1. The van der Waals surface area contributed by atoms with Gasteiger partial charge in [0.05, 0.1) is 12.9 Å². The van der Waals surface area contributed by atoms with E-state index in [-0.39, 0.29) is 29.3 Å². The zero-order valence-electron chi connectivity index (χ0n) is 17.0. The zero-order valence-corrected chi connectivity index (χ0v) is 19.7. The fourth-order valence-corrected chi connectivity index (χ4v) is 5.99. The zero-order chi connectivity index (χ0) is 25.3. The molecular formula is C12H19N6O13P3. The molecule has 190 valence electrons. The van der Waals surface area contributed by atoms with Gasteiger partial charge in [-0.25, -0.2) is 34.5 Å². The Hall–Kier alpha value is -1.69. The van der Waals surface area contributed by atoms with Crippen LogP contribution in [-0.4, -0.2) is 63.8 Å². The molecule has 7 N–H and O–H groups in total. The second-order valence-corrected chi connectivity index (χ2v) is 11.1. The van der Waals surface area contributed by atoms with Crippen molar-refractivity contribution in [2.75, 3.05) is 11.9 Å². The number of rotatable bonds is 10. The van der Waals surface area contributed by atoms with E-state index in [1.165, 1.54) is 24.1 Å². The summed E-state index contributed by atoms with van der Waals surface area (Å²) in [7, 11) is -16.6. The van der Waals surface area contributed by atoms with Gasteiger partial charge in [0.1, 0.15) is 24.8 Å². The standard InChI is InChI=1S/C12H19N6O13P3/c1-6(19)17-11-10-12(15-4-14-11)18(5-16-10)9-2-7(29-13)8(28-9)3-27-33(23,24)31-34(25,26)30-32(20,21)22/h4-5,7-9H,2-3,13H2,1H3,(H,23,24)(H,25,26)(H2,20,21,22)(H,14,15,17,19)/t7-,8-,9-/m1/s1. The summed E-state index contributed by atoms with van der Waals surface area (Å²) in [5.74, 6) is 5.03. The molecule has 1 aliphatic heterocycles. The molecular weight excluding hydrogens is 529 g/mol. The van der Waals surface area contributed by atoms with Gasteiger partial charge in [-0.1, -0.05) is 0 Å². The van der Waals surface area contributed by atoms with Crippen molar-refractivity contribution < 1.29 is 60.8 Å². The molecule has 2 unspecified atom stereocenters. The van der Waals surface area contributed by atoms with Crippen molar-refractivity contribution in [1.82, 2.24) is 19.5 Å². The van der Waals surface area contributed by atoms with Gasteiger partial charge in [0.25, 0.3) is 0 Å². The molecule has 1 fully saturated rings. The quantitative estimate of drug-likeness (QED) is 0.164. The number of carbonyl (C=O) groups is 1. The fourth-order valence-electron chi connectivity index (χ4n) is 2.96. The van der Waals surface area contributed by atoms with Crippen LogP contribution in [0.2, 0.25) is 0 Å². The highest BCUT2D eigenvalue weighted by atomic mass is 31.3. The minimum Gasteiger partial charge on any atom is -0.349 e. The molecule has 19 nitrogen and oxygen atoms in total. The van der Waals surface area contributed by atoms with E-state index in [4.69, 9.17) is 25.3 Å². The number of imidazole rings is 1. The monoisotopic (exact) mass is 548 g/mol. The van der Waals surface area contributed by atoms with Crippen LogP contribution >= 0.6 is 23.5 Å². The van der Waals surface area contributed by atoms with E-state index in [0.717, 1.165) is 0 Å². The van der Waals surface area contributed by atoms with Crippen LogP contribution in [0.5, 0.6) is 0 Å². The second-order valence-electron chi connectivity index (χ2n) is 6.65. The number of amides is 1. The highest BCUT2D eigenvalue weighted by molar-refractivity contribution is 7.66. The number of phosphoric ester groups is 1. The Kier molecular flexibility index (Phi) is 8.01. The third-order valence-corrected chi connectivity index (χ3v) is 7.94. The van der Waals surface area contributed by atoms with Crippen LogP contribution in [0.25, 0.3) is 11.2 Å². The van der Waals surface area contributed by atoms with E-state index >= 15 is 0 Å². The van der Waals surface area contributed by atoms with Crippen LogP contribution in [0.15, 0.2) is 12.7 Å². The van der Waals surface area contributed by atoms with Crippen molar-refractivity contribution in [3.8, 4) is 0 Å². The molecule has 0 bridgehead atoms. The number of hydrogen-bond donors (Lipinski definition) is 6. The Morgan fingerprint density at radius 3 is 2.53 bits per heavy atom. The summed E-state index contributed by atoms with van der Waals surface area (Å²) < 4.78 is 53.1. The van der Waals surface area contributed by atoms with Crippen molar-refractivity contribution in [2.24, 2.45) is 5.90 Å². The lowest BCUT2D eigenvalue weighted by molar-refractivity contribution is -0.114. The Bertz CT molecular complexity index is 1200. The maximum atomic E-state index is 11.9. The first-order chi connectivity index (χ1) is 15.7. The summed E-state index contributed by atoms with van der Waals surface area (Å²) in [6.07, 6.45) is -0.252. The SMILES string of the molecule is CC(=O)Nc1ncnc2c1ncn2[C@H]1C[C@@H](ON)[C@@H](COP(=O)(O)OP(=O)(O)OP(=O)(O)O)O1. The van der Waals surface area contributed by atoms with Crippen molar-refractivity contribution in [3.05, 3.63) is 12.7 Å². The molecule has 0 radical (unpaired) electrons. The molecule has 1 aliphatic rings. The van der Waals surface area contributed by atoms with E-state index in [2.05, 4.69) is 33.4 Å². The van der Waals surface area contributed by atoms with Gasteiger partial charge in [-0.2, -0.15) is 8.62 Å². The van der Waals surface area contributed by atoms with Gasteiger partial charge in [0, 0.05) is 13.3 Å². The molecule has 3 rings (SSSR count). The Morgan fingerprint density at radius 2 is 1.91 bits per heavy atom. The summed E-state index contributed by atoms with van der Waals surface area (Å²) in [5, 5.41) is 2.50. The van der Waals surface area contributed by atoms with Crippen LogP contribution < -0.4 is 11.2 Å². The number of phosphoric acid groups is 3. The van der Waals surface area contributed by atoms with E-state index < -0.39 is 48.5 Å². The van der Waals surface area contributed by atoms with Gasteiger partial charge < -0.3 is 29.6 Å². The number of carbonyl (C=O) groups excluding carboxylic acids is 1. The molecule has 1 saturated heterocycles. The average molecular weight is 548 g/mol. The van der Waals surface area contributed by atoms with E-state index in [9.17, 15) is 28.3 Å². The van der Waals surface area contributed by atoms with Crippen molar-refractivity contribution in [1.29, 1.82) is 0 Å². The van der Waals surface area contributed by atoms with Crippen LogP contribution in [0.3, 0.4) is 0 Å². The largest absolute Gasteiger partial charge is 0.490 e. The summed E-state index contributed by atoms with van der Waals surface area (Å²) in [6.45, 7) is 0.525. The number of anilines is 1. The maximum absolute atomic E-state index is 11.9. The Morgan fingerprint density at radius 1 is 1.21 bits per heavy atom. The van der Waals surface area contributed by atoms with Crippen LogP contribution in [-0.2, 0) is 41.2 Å². The Balaban J connectivity index is 1.71. The first-order valence-electron chi connectivity index (χ1n) is 8.94. The first-order valence-corrected chi connectivity index (χ1v) is 13.5. The van der Waals surface area contributed by atoms with Crippen molar-refractivity contribution >= 4 is 46.4 Å². The van der Waals surface area contributed by atoms with E-state index in [1.807, 2.05) is 0 Å². The predicted octanol–water partition coefficient (Wildman–Crippen LogP) is -0.326.